The maximum Gasteiger partial charge on any atom is 0.244 e. The van der Waals surface area contributed by atoms with Crippen molar-refractivity contribution in [2.45, 2.75) is 32.9 Å². The standard InChI is InChI=1S/C22H27F2N3O2/c1-22(2,3)27(14-20(28)25-19-11-9-18(24)10-12-19)21(29)15-26(4)13-16-5-7-17(23)8-6-16/h5-12H,13-15H2,1-4H3,(H,25,28). The van der Waals surface area contributed by atoms with Crippen LogP contribution < -0.4 is 5.32 Å². The molecular weight excluding hydrogens is 376 g/mol. The number of benzene rings is 2. The van der Waals surface area contributed by atoms with Gasteiger partial charge in [-0.25, -0.2) is 8.78 Å². The van der Waals surface area contributed by atoms with Crippen LogP contribution in [-0.2, 0) is 16.1 Å². The second-order valence-electron chi connectivity index (χ2n) is 8.00. The van der Waals surface area contributed by atoms with Gasteiger partial charge in [-0.05, 0) is 69.8 Å². The molecule has 0 aliphatic rings. The summed E-state index contributed by atoms with van der Waals surface area (Å²) in [6.07, 6.45) is 0. The van der Waals surface area contributed by atoms with E-state index >= 15 is 0 Å². The van der Waals surface area contributed by atoms with Crippen LogP contribution in [-0.4, -0.2) is 47.3 Å². The van der Waals surface area contributed by atoms with Crippen molar-refractivity contribution >= 4 is 17.5 Å². The Hall–Kier alpha value is -2.80. The third-order valence-corrected chi connectivity index (χ3v) is 4.31. The Morgan fingerprint density at radius 2 is 1.41 bits per heavy atom. The van der Waals surface area contributed by atoms with Crippen LogP contribution in [0, 0.1) is 11.6 Å². The van der Waals surface area contributed by atoms with Gasteiger partial charge < -0.3 is 10.2 Å². The van der Waals surface area contributed by atoms with Crippen molar-refractivity contribution in [3.8, 4) is 0 Å². The zero-order valence-corrected chi connectivity index (χ0v) is 17.2. The summed E-state index contributed by atoms with van der Waals surface area (Å²) < 4.78 is 26.0. The maximum absolute atomic E-state index is 13.0. The summed E-state index contributed by atoms with van der Waals surface area (Å²) in [7, 11) is 1.79. The number of hydrogen-bond acceptors (Lipinski definition) is 3. The third kappa shape index (κ3) is 7.27. The number of carbonyl (C=O) groups is 2. The summed E-state index contributed by atoms with van der Waals surface area (Å²) in [6.45, 7) is 6.04. The van der Waals surface area contributed by atoms with Gasteiger partial charge in [0, 0.05) is 17.8 Å². The molecule has 0 heterocycles. The smallest absolute Gasteiger partial charge is 0.244 e. The van der Waals surface area contributed by atoms with Gasteiger partial charge in [0.15, 0.2) is 0 Å². The molecule has 1 N–H and O–H groups in total. The molecule has 5 nitrogen and oxygen atoms in total. The first kappa shape index (κ1) is 22.5. The molecule has 0 bridgehead atoms. The minimum atomic E-state index is -0.562. The van der Waals surface area contributed by atoms with E-state index in [-0.39, 0.29) is 30.7 Å². The zero-order chi connectivity index (χ0) is 21.6. The number of nitrogens with one attached hydrogen (secondary N) is 1. The second kappa shape index (κ2) is 9.60. The van der Waals surface area contributed by atoms with Crippen molar-refractivity contribution in [3.63, 3.8) is 0 Å². The van der Waals surface area contributed by atoms with Crippen molar-refractivity contribution in [2.75, 3.05) is 25.5 Å². The molecule has 156 valence electrons. The Bertz CT molecular complexity index is 831. The van der Waals surface area contributed by atoms with Crippen LogP contribution in [0.4, 0.5) is 14.5 Å². The van der Waals surface area contributed by atoms with Crippen LogP contribution in [0.5, 0.6) is 0 Å². The normalized spacial score (nSPS) is 11.4. The molecule has 0 aliphatic heterocycles. The SMILES string of the molecule is CN(CC(=O)N(CC(=O)Nc1ccc(F)cc1)C(C)(C)C)Cc1ccc(F)cc1. The second-order valence-corrected chi connectivity index (χ2v) is 8.00. The maximum atomic E-state index is 13.0. The average Bonchev–Trinajstić information content (AvgIpc) is 2.62. The quantitative estimate of drug-likeness (QED) is 0.768. The van der Waals surface area contributed by atoms with E-state index in [4.69, 9.17) is 0 Å². The molecule has 0 atom stereocenters. The van der Waals surface area contributed by atoms with E-state index in [0.717, 1.165) is 5.56 Å². The number of anilines is 1. The molecule has 0 aromatic heterocycles. The van der Waals surface area contributed by atoms with Crippen LogP contribution in [0.15, 0.2) is 48.5 Å². The fourth-order valence-corrected chi connectivity index (χ4v) is 2.85. The Morgan fingerprint density at radius 3 is 1.93 bits per heavy atom. The lowest BCUT2D eigenvalue weighted by molar-refractivity contribution is -0.140. The molecule has 0 unspecified atom stereocenters. The van der Waals surface area contributed by atoms with Crippen LogP contribution in [0.25, 0.3) is 0 Å². The molecule has 7 heteroatoms. The third-order valence-electron chi connectivity index (χ3n) is 4.31. The Labute approximate surface area is 170 Å². The lowest BCUT2D eigenvalue weighted by atomic mass is 10.1. The molecule has 0 radical (unpaired) electrons. The summed E-state index contributed by atoms with van der Waals surface area (Å²) in [5, 5.41) is 2.68. The van der Waals surface area contributed by atoms with Crippen molar-refractivity contribution in [2.24, 2.45) is 0 Å². The van der Waals surface area contributed by atoms with E-state index in [2.05, 4.69) is 5.32 Å². The first-order valence-electron chi connectivity index (χ1n) is 9.33. The average molecular weight is 403 g/mol. The summed E-state index contributed by atoms with van der Waals surface area (Å²) in [5.74, 6) is -1.25. The molecule has 2 rings (SSSR count). The number of hydrogen-bond donors (Lipinski definition) is 1. The van der Waals surface area contributed by atoms with Gasteiger partial charge in [-0.3, -0.25) is 14.5 Å². The van der Waals surface area contributed by atoms with Crippen LogP contribution >= 0.6 is 0 Å². The van der Waals surface area contributed by atoms with Gasteiger partial charge in [0.2, 0.25) is 11.8 Å². The minimum Gasteiger partial charge on any atom is -0.327 e. The Balaban J connectivity index is 1.98. The monoisotopic (exact) mass is 403 g/mol. The van der Waals surface area contributed by atoms with Gasteiger partial charge in [-0.2, -0.15) is 0 Å². The van der Waals surface area contributed by atoms with Crippen molar-refractivity contribution in [1.82, 2.24) is 9.80 Å². The fourth-order valence-electron chi connectivity index (χ4n) is 2.85. The zero-order valence-electron chi connectivity index (χ0n) is 17.2. The lowest BCUT2D eigenvalue weighted by Gasteiger charge is -2.36. The molecule has 29 heavy (non-hydrogen) atoms. The highest BCUT2D eigenvalue weighted by Gasteiger charge is 2.29. The van der Waals surface area contributed by atoms with Gasteiger partial charge >= 0.3 is 0 Å². The van der Waals surface area contributed by atoms with E-state index in [1.165, 1.54) is 41.3 Å². The number of amides is 2. The van der Waals surface area contributed by atoms with E-state index < -0.39 is 11.4 Å². The van der Waals surface area contributed by atoms with Crippen LogP contribution in [0.2, 0.25) is 0 Å². The minimum absolute atomic E-state index is 0.110. The first-order chi connectivity index (χ1) is 13.5. The first-order valence-corrected chi connectivity index (χ1v) is 9.33. The summed E-state index contributed by atoms with van der Waals surface area (Å²) in [5.41, 5.74) is 0.790. The lowest BCUT2D eigenvalue weighted by Crippen LogP contribution is -2.52. The molecule has 0 aliphatic carbocycles. The number of likely N-dealkylation sites (N-methyl/N-ethyl adjacent to an activating group) is 1. The van der Waals surface area contributed by atoms with Gasteiger partial charge in [0.25, 0.3) is 0 Å². The molecule has 0 spiro atoms. The molecule has 0 fully saturated rings. The van der Waals surface area contributed by atoms with Gasteiger partial charge in [0.1, 0.15) is 18.2 Å². The Morgan fingerprint density at radius 1 is 0.897 bits per heavy atom. The summed E-state index contributed by atoms with van der Waals surface area (Å²) >= 11 is 0. The summed E-state index contributed by atoms with van der Waals surface area (Å²) in [4.78, 5) is 28.6. The molecule has 2 amide bonds. The molecule has 0 saturated heterocycles. The predicted molar refractivity (Wildman–Crippen MR) is 109 cm³/mol. The highest BCUT2D eigenvalue weighted by Crippen LogP contribution is 2.15. The van der Waals surface area contributed by atoms with E-state index in [1.54, 1.807) is 19.2 Å². The van der Waals surface area contributed by atoms with Gasteiger partial charge in [0.05, 0.1) is 6.54 Å². The number of nitrogens with zero attached hydrogens (tertiary/aromatic N) is 2. The largest absolute Gasteiger partial charge is 0.327 e. The van der Waals surface area contributed by atoms with E-state index in [0.29, 0.717) is 12.2 Å². The number of carbonyl (C=O) groups excluding carboxylic acids is 2. The van der Waals surface area contributed by atoms with Crippen LogP contribution in [0.3, 0.4) is 0 Å². The number of halogens is 2. The highest BCUT2D eigenvalue weighted by atomic mass is 19.1. The highest BCUT2D eigenvalue weighted by molar-refractivity contribution is 5.95. The fraction of sp³-hybridized carbons (Fsp3) is 0.364. The van der Waals surface area contributed by atoms with E-state index in [1.807, 2.05) is 25.7 Å². The van der Waals surface area contributed by atoms with Crippen molar-refractivity contribution in [1.29, 1.82) is 0 Å². The predicted octanol–water partition coefficient (Wildman–Crippen LogP) is 3.66. The van der Waals surface area contributed by atoms with Crippen molar-refractivity contribution in [3.05, 3.63) is 65.7 Å². The van der Waals surface area contributed by atoms with Crippen molar-refractivity contribution < 1.29 is 18.4 Å². The molecular formula is C22H27F2N3O2. The number of rotatable bonds is 7. The topological polar surface area (TPSA) is 52.7 Å². The molecule has 2 aromatic rings. The molecule has 2 aromatic carbocycles. The Kier molecular flexibility index (Phi) is 7.45. The van der Waals surface area contributed by atoms with Crippen LogP contribution in [0.1, 0.15) is 26.3 Å². The summed E-state index contributed by atoms with van der Waals surface area (Å²) in [6, 6.07) is 11.6. The van der Waals surface area contributed by atoms with E-state index in [9.17, 15) is 18.4 Å². The van der Waals surface area contributed by atoms with Gasteiger partial charge in [-0.1, -0.05) is 12.1 Å². The molecule has 0 saturated carbocycles. The van der Waals surface area contributed by atoms with Gasteiger partial charge in [-0.15, -0.1) is 0 Å².